The number of azo groups is 1. The van der Waals surface area contributed by atoms with E-state index < -0.39 is 11.5 Å². The van der Waals surface area contributed by atoms with E-state index >= 15 is 0 Å². The van der Waals surface area contributed by atoms with Gasteiger partial charge in [0.2, 0.25) is 5.13 Å². The van der Waals surface area contributed by atoms with Crippen LogP contribution in [0.25, 0.3) is 15.3 Å². The number of para-hydroxylation sites is 1. The molecule has 0 aliphatic carbocycles. The number of hydrogen-bond donors (Lipinski definition) is 2. The second-order valence-corrected chi connectivity index (χ2v) is 6.72. The SMILES string of the molecule is Cc1[nH]n(-c2nc3ccccc3s2)c(=O)c1N=Nc1ccccc1C(=O)O. The van der Waals surface area contributed by atoms with E-state index in [-0.39, 0.29) is 16.9 Å². The van der Waals surface area contributed by atoms with Gasteiger partial charge < -0.3 is 5.11 Å². The number of carboxylic acids is 1. The molecule has 0 fully saturated rings. The van der Waals surface area contributed by atoms with Gasteiger partial charge in [0.15, 0.2) is 5.69 Å². The summed E-state index contributed by atoms with van der Waals surface area (Å²) in [5.74, 6) is -1.11. The molecule has 0 aliphatic rings. The van der Waals surface area contributed by atoms with Crippen LogP contribution in [0.3, 0.4) is 0 Å². The maximum absolute atomic E-state index is 12.7. The standard InChI is InChI=1S/C18H13N5O3S/c1-10-15(21-20-12-7-3-2-6-11(12)17(25)26)16(24)23(22-10)18-19-13-8-4-5-9-14(13)27-18/h2-9,22H,1H3,(H,25,26). The minimum absolute atomic E-state index is 0.0148. The van der Waals surface area contributed by atoms with Crippen molar-refractivity contribution in [2.75, 3.05) is 0 Å². The number of aryl methyl sites for hydroxylation is 1. The molecular weight excluding hydrogens is 366 g/mol. The Morgan fingerprint density at radius 2 is 1.89 bits per heavy atom. The molecule has 0 bridgehead atoms. The molecule has 0 saturated heterocycles. The summed E-state index contributed by atoms with van der Waals surface area (Å²) in [5.41, 5.74) is 1.21. The van der Waals surface area contributed by atoms with Crippen LogP contribution < -0.4 is 5.56 Å². The number of aromatic carboxylic acids is 1. The van der Waals surface area contributed by atoms with Gasteiger partial charge in [0.1, 0.15) is 5.69 Å². The maximum atomic E-state index is 12.7. The van der Waals surface area contributed by atoms with E-state index in [4.69, 9.17) is 0 Å². The van der Waals surface area contributed by atoms with Gasteiger partial charge in [-0.2, -0.15) is 4.68 Å². The Morgan fingerprint density at radius 3 is 2.67 bits per heavy atom. The number of hydrogen-bond acceptors (Lipinski definition) is 6. The van der Waals surface area contributed by atoms with Gasteiger partial charge in [-0.15, -0.1) is 10.2 Å². The van der Waals surface area contributed by atoms with Crippen LogP contribution >= 0.6 is 11.3 Å². The molecule has 0 aliphatic heterocycles. The molecule has 2 N–H and O–H groups in total. The number of aromatic amines is 1. The van der Waals surface area contributed by atoms with Gasteiger partial charge in [-0.05, 0) is 31.2 Å². The molecule has 0 saturated carbocycles. The van der Waals surface area contributed by atoms with Crippen molar-refractivity contribution in [2.45, 2.75) is 6.92 Å². The second kappa shape index (κ2) is 6.61. The molecular formula is C18H13N5O3S. The van der Waals surface area contributed by atoms with Crippen LogP contribution in [-0.2, 0) is 0 Å². The van der Waals surface area contributed by atoms with E-state index in [0.717, 1.165) is 10.2 Å². The predicted molar refractivity (Wildman–Crippen MR) is 102 cm³/mol. The minimum atomic E-state index is -1.11. The topological polar surface area (TPSA) is 113 Å². The highest BCUT2D eigenvalue weighted by molar-refractivity contribution is 7.20. The largest absolute Gasteiger partial charge is 0.478 e. The molecule has 0 atom stereocenters. The number of rotatable bonds is 4. The first-order chi connectivity index (χ1) is 13.0. The lowest BCUT2D eigenvalue weighted by atomic mass is 10.2. The van der Waals surface area contributed by atoms with Crippen molar-refractivity contribution in [3.63, 3.8) is 0 Å². The van der Waals surface area contributed by atoms with Gasteiger partial charge in [-0.1, -0.05) is 35.6 Å². The zero-order valence-electron chi connectivity index (χ0n) is 14.1. The smallest absolute Gasteiger partial charge is 0.337 e. The van der Waals surface area contributed by atoms with Crippen molar-refractivity contribution in [1.29, 1.82) is 0 Å². The lowest BCUT2D eigenvalue weighted by Crippen LogP contribution is -2.13. The molecule has 8 nitrogen and oxygen atoms in total. The third-order valence-electron chi connectivity index (χ3n) is 3.91. The molecule has 0 unspecified atom stereocenters. The molecule has 0 spiro atoms. The van der Waals surface area contributed by atoms with E-state index in [9.17, 15) is 14.7 Å². The van der Waals surface area contributed by atoms with E-state index in [1.807, 2.05) is 24.3 Å². The van der Waals surface area contributed by atoms with Gasteiger partial charge >= 0.3 is 11.5 Å². The van der Waals surface area contributed by atoms with Crippen LogP contribution in [0.15, 0.2) is 63.6 Å². The van der Waals surface area contributed by atoms with Crippen molar-refractivity contribution in [3.05, 3.63) is 70.1 Å². The quantitative estimate of drug-likeness (QED) is 0.517. The van der Waals surface area contributed by atoms with Crippen LogP contribution in [0.2, 0.25) is 0 Å². The van der Waals surface area contributed by atoms with Crippen LogP contribution in [-0.4, -0.2) is 25.8 Å². The lowest BCUT2D eigenvalue weighted by Gasteiger charge is -1.97. The first-order valence-corrected chi connectivity index (χ1v) is 8.78. The summed E-state index contributed by atoms with van der Waals surface area (Å²) in [6.45, 7) is 1.70. The van der Waals surface area contributed by atoms with E-state index in [2.05, 4.69) is 20.3 Å². The first kappa shape index (κ1) is 16.9. The first-order valence-electron chi connectivity index (χ1n) is 7.96. The van der Waals surface area contributed by atoms with Crippen LogP contribution in [0.1, 0.15) is 16.1 Å². The fourth-order valence-corrected chi connectivity index (χ4v) is 3.52. The Kier molecular flexibility index (Phi) is 4.13. The van der Waals surface area contributed by atoms with Crippen molar-refractivity contribution < 1.29 is 9.90 Å². The minimum Gasteiger partial charge on any atom is -0.478 e. The van der Waals surface area contributed by atoms with Gasteiger partial charge in [-0.3, -0.25) is 9.89 Å². The van der Waals surface area contributed by atoms with Crippen LogP contribution in [0.4, 0.5) is 11.4 Å². The molecule has 2 aromatic heterocycles. The average Bonchev–Trinajstić information content (AvgIpc) is 3.21. The van der Waals surface area contributed by atoms with Gasteiger partial charge in [-0.25, -0.2) is 9.78 Å². The molecule has 0 radical (unpaired) electrons. The number of H-pyrrole nitrogens is 1. The van der Waals surface area contributed by atoms with Crippen LogP contribution in [0.5, 0.6) is 0 Å². The zero-order valence-corrected chi connectivity index (χ0v) is 14.9. The van der Waals surface area contributed by atoms with Crippen molar-refractivity contribution in [3.8, 4) is 5.13 Å². The molecule has 4 rings (SSSR count). The average molecular weight is 379 g/mol. The number of aromatic nitrogens is 3. The highest BCUT2D eigenvalue weighted by Crippen LogP contribution is 2.26. The molecule has 2 heterocycles. The number of carbonyl (C=O) groups is 1. The van der Waals surface area contributed by atoms with Crippen molar-refractivity contribution >= 4 is 38.9 Å². The molecule has 4 aromatic rings. The Morgan fingerprint density at radius 1 is 1.15 bits per heavy atom. The van der Waals surface area contributed by atoms with Crippen molar-refractivity contribution in [1.82, 2.24) is 14.8 Å². The summed E-state index contributed by atoms with van der Waals surface area (Å²) in [6, 6.07) is 13.8. The Labute approximate surface area is 156 Å². The summed E-state index contributed by atoms with van der Waals surface area (Å²) in [5, 5.41) is 20.6. The molecule has 134 valence electrons. The van der Waals surface area contributed by atoms with Gasteiger partial charge in [0, 0.05) is 0 Å². The third-order valence-corrected chi connectivity index (χ3v) is 4.93. The number of carboxylic acid groups (broad SMARTS) is 1. The summed E-state index contributed by atoms with van der Waals surface area (Å²) in [7, 11) is 0. The highest BCUT2D eigenvalue weighted by atomic mass is 32.1. The van der Waals surface area contributed by atoms with Crippen LogP contribution in [0, 0.1) is 6.92 Å². The summed E-state index contributed by atoms with van der Waals surface area (Å²) in [6.07, 6.45) is 0. The number of thiazole rings is 1. The predicted octanol–water partition coefficient (Wildman–Crippen LogP) is 4.20. The Bertz CT molecular complexity index is 1220. The Balaban J connectivity index is 1.76. The van der Waals surface area contributed by atoms with Gasteiger partial charge in [0.05, 0.1) is 21.5 Å². The summed E-state index contributed by atoms with van der Waals surface area (Å²) >= 11 is 1.38. The number of nitrogens with one attached hydrogen (secondary N) is 1. The van der Waals surface area contributed by atoms with E-state index in [1.165, 1.54) is 28.2 Å². The van der Waals surface area contributed by atoms with Gasteiger partial charge in [0.25, 0.3) is 0 Å². The lowest BCUT2D eigenvalue weighted by molar-refractivity contribution is 0.0697. The molecule has 27 heavy (non-hydrogen) atoms. The molecule has 0 amide bonds. The number of nitrogens with zero attached hydrogens (tertiary/aromatic N) is 4. The normalized spacial score (nSPS) is 11.4. The van der Waals surface area contributed by atoms with E-state index in [1.54, 1.807) is 19.1 Å². The second-order valence-electron chi connectivity index (χ2n) is 5.71. The summed E-state index contributed by atoms with van der Waals surface area (Å²) in [4.78, 5) is 28.5. The maximum Gasteiger partial charge on any atom is 0.337 e. The zero-order chi connectivity index (χ0) is 19.0. The monoisotopic (exact) mass is 379 g/mol. The summed E-state index contributed by atoms with van der Waals surface area (Å²) < 4.78 is 2.28. The molecule has 2 aromatic carbocycles. The Hall–Kier alpha value is -3.59. The van der Waals surface area contributed by atoms with Crippen molar-refractivity contribution in [2.24, 2.45) is 10.2 Å². The fraction of sp³-hybridized carbons (Fsp3) is 0.0556. The number of fused-ring (bicyclic) bond motifs is 1. The fourth-order valence-electron chi connectivity index (χ4n) is 2.59. The van der Waals surface area contributed by atoms with E-state index in [0.29, 0.717) is 10.8 Å². The third kappa shape index (κ3) is 3.04. The highest BCUT2D eigenvalue weighted by Gasteiger charge is 2.16. The molecule has 9 heteroatoms. The number of benzene rings is 2.